The molecular weight excluding hydrogens is 530 g/mol. The monoisotopic (exact) mass is 571 g/mol. The summed E-state index contributed by atoms with van der Waals surface area (Å²) >= 11 is 0. The highest BCUT2D eigenvalue weighted by Gasteiger charge is 2.62. The molecule has 13 heteroatoms. The molecule has 1 saturated heterocycles. The normalized spacial score (nSPS) is 31.1. The van der Waals surface area contributed by atoms with Crippen molar-refractivity contribution in [3.8, 4) is 0 Å². The van der Waals surface area contributed by atoms with Gasteiger partial charge < -0.3 is 25.0 Å². The number of amides is 3. The number of nitrogens with one attached hydrogen (secondary N) is 2. The van der Waals surface area contributed by atoms with E-state index in [-0.39, 0.29) is 25.5 Å². The van der Waals surface area contributed by atoms with E-state index in [4.69, 9.17) is 13.7 Å². The summed E-state index contributed by atoms with van der Waals surface area (Å²) in [4.78, 5) is 54.1. The molecule has 2 fully saturated rings. The highest BCUT2D eigenvalue weighted by Crippen LogP contribution is 2.46. The number of carbonyl (C=O) groups is 4. The number of ether oxygens (including phenoxy) is 2. The Morgan fingerprint density at radius 3 is 2.56 bits per heavy atom. The third-order valence-corrected chi connectivity index (χ3v) is 7.50. The molecule has 3 amide bonds. The molecule has 0 aromatic rings. The zero-order valence-corrected chi connectivity index (χ0v) is 24.2. The topological polar surface area (TPSA) is 157 Å². The number of carbonyl (C=O) groups excluding carboxylic acids is 4. The van der Waals surface area contributed by atoms with Crippen LogP contribution >= 0.6 is 0 Å². The van der Waals surface area contributed by atoms with Crippen LogP contribution in [0.5, 0.6) is 0 Å². The van der Waals surface area contributed by atoms with E-state index < -0.39 is 63.3 Å². The highest BCUT2D eigenvalue weighted by atomic mass is 32.2. The summed E-state index contributed by atoms with van der Waals surface area (Å²) in [7, 11) is -3.87. The van der Waals surface area contributed by atoms with Gasteiger partial charge in [-0.25, -0.2) is 9.59 Å². The van der Waals surface area contributed by atoms with Crippen molar-refractivity contribution in [3.63, 3.8) is 0 Å². The van der Waals surface area contributed by atoms with Crippen molar-refractivity contribution in [2.75, 3.05) is 19.4 Å². The van der Waals surface area contributed by atoms with Crippen LogP contribution < -0.4 is 10.6 Å². The van der Waals surface area contributed by atoms with Crippen LogP contribution in [0.1, 0.15) is 72.6 Å². The zero-order valence-electron chi connectivity index (χ0n) is 23.4. The SMILES string of the molecule is CCOC(=O)[C@@]12CC1/C=C\CCCCC[C@H](NC(=O)OC(C)(C)C)C(=O)N1CC(OS(C)(=O)=O)C[C@H]1C(=O)N2. The van der Waals surface area contributed by atoms with Gasteiger partial charge in [0.2, 0.25) is 11.8 Å². The summed E-state index contributed by atoms with van der Waals surface area (Å²) in [6.07, 6.45) is 6.66. The van der Waals surface area contributed by atoms with E-state index in [0.29, 0.717) is 19.3 Å². The van der Waals surface area contributed by atoms with Gasteiger partial charge in [-0.05, 0) is 53.4 Å². The molecule has 0 bridgehead atoms. The van der Waals surface area contributed by atoms with E-state index in [1.54, 1.807) is 27.7 Å². The smallest absolute Gasteiger partial charge is 0.408 e. The molecule has 5 atom stereocenters. The fraction of sp³-hybridized carbons (Fsp3) is 0.769. The molecule has 0 radical (unpaired) electrons. The molecule has 2 aliphatic heterocycles. The largest absolute Gasteiger partial charge is 0.464 e. The average Bonchev–Trinajstić information content (AvgIpc) is 3.33. The quantitative estimate of drug-likeness (QED) is 0.285. The first-order valence-electron chi connectivity index (χ1n) is 13.5. The summed E-state index contributed by atoms with van der Waals surface area (Å²) in [6.45, 7) is 6.76. The minimum Gasteiger partial charge on any atom is -0.464 e. The first-order valence-corrected chi connectivity index (χ1v) is 15.3. The Hall–Kier alpha value is -2.67. The molecule has 2 N–H and O–H groups in total. The molecule has 3 rings (SSSR count). The van der Waals surface area contributed by atoms with Gasteiger partial charge in [-0.3, -0.25) is 13.8 Å². The maximum Gasteiger partial charge on any atom is 0.408 e. The lowest BCUT2D eigenvalue weighted by Crippen LogP contribution is -2.56. The van der Waals surface area contributed by atoms with E-state index >= 15 is 0 Å². The molecule has 39 heavy (non-hydrogen) atoms. The molecule has 0 spiro atoms. The summed E-state index contributed by atoms with van der Waals surface area (Å²) in [5.74, 6) is -1.97. The van der Waals surface area contributed by atoms with Gasteiger partial charge in [0, 0.05) is 18.9 Å². The van der Waals surface area contributed by atoms with E-state index in [0.717, 1.165) is 25.5 Å². The average molecular weight is 572 g/mol. The number of alkyl carbamates (subject to hydrolysis) is 1. The van der Waals surface area contributed by atoms with Gasteiger partial charge in [0.1, 0.15) is 23.2 Å². The van der Waals surface area contributed by atoms with Crippen LogP contribution in [0.2, 0.25) is 0 Å². The lowest BCUT2D eigenvalue weighted by atomic mass is 10.0. The van der Waals surface area contributed by atoms with Crippen LogP contribution in [0.25, 0.3) is 0 Å². The Kier molecular flexibility index (Phi) is 9.69. The van der Waals surface area contributed by atoms with Crippen molar-refractivity contribution in [1.82, 2.24) is 15.5 Å². The van der Waals surface area contributed by atoms with Crippen molar-refractivity contribution in [3.05, 3.63) is 12.2 Å². The predicted octanol–water partition coefficient (Wildman–Crippen LogP) is 1.78. The summed E-state index contributed by atoms with van der Waals surface area (Å²) in [5.41, 5.74) is -2.03. The minimum atomic E-state index is -3.87. The number of fused-ring (bicyclic) bond motifs is 2. The zero-order chi connectivity index (χ0) is 29.0. The van der Waals surface area contributed by atoms with Crippen LogP contribution in [-0.2, 0) is 38.2 Å². The van der Waals surface area contributed by atoms with Crippen LogP contribution in [0.3, 0.4) is 0 Å². The van der Waals surface area contributed by atoms with Crippen LogP contribution in [0.15, 0.2) is 12.2 Å². The Morgan fingerprint density at radius 2 is 1.92 bits per heavy atom. The second-order valence-electron chi connectivity index (χ2n) is 11.4. The summed E-state index contributed by atoms with van der Waals surface area (Å²) in [6, 6.07) is -2.12. The van der Waals surface area contributed by atoms with Gasteiger partial charge in [-0.1, -0.05) is 25.0 Å². The van der Waals surface area contributed by atoms with Crippen molar-refractivity contribution >= 4 is 34.0 Å². The first kappa shape index (κ1) is 30.9. The van der Waals surface area contributed by atoms with Crippen LogP contribution in [0.4, 0.5) is 4.79 Å². The van der Waals surface area contributed by atoms with Crippen LogP contribution in [0, 0.1) is 5.92 Å². The van der Waals surface area contributed by atoms with Crippen LogP contribution in [-0.4, -0.2) is 85.9 Å². The summed E-state index contributed by atoms with van der Waals surface area (Å²) in [5, 5.41) is 5.44. The van der Waals surface area contributed by atoms with Crippen molar-refractivity contribution < 1.29 is 41.3 Å². The molecule has 3 aliphatic rings. The van der Waals surface area contributed by atoms with Gasteiger partial charge >= 0.3 is 12.1 Å². The Bertz CT molecular complexity index is 1080. The molecule has 2 heterocycles. The highest BCUT2D eigenvalue weighted by molar-refractivity contribution is 7.86. The molecule has 0 aromatic heterocycles. The van der Waals surface area contributed by atoms with E-state index in [2.05, 4.69) is 10.6 Å². The first-order chi connectivity index (χ1) is 18.1. The van der Waals surface area contributed by atoms with Crippen molar-refractivity contribution in [2.45, 2.75) is 102 Å². The molecule has 220 valence electrons. The Labute approximate surface area is 230 Å². The molecular formula is C26H41N3O9S. The molecule has 2 unspecified atom stereocenters. The fourth-order valence-corrected chi connectivity index (χ4v) is 5.71. The lowest BCUT2D eigenvalue weighted by molar-refractivity contribution is -0.150. The number of hydrogen-bond donors (Lipinski definition) is 2. The molecule has 0 aromatic carbocycles. The third kappa shape index (κ3) is 8.41. The molecule has 12 nitrogen and oxygen atoms in total. The summed E-state index contributed by atoms with van der Waals surface area (Å²) < 4.78 is 39.4. The predicted molar refractivity (Wildman–Crippen MR) is 141 cm³/mol. The molecule has 1 saturated carbocycles. The number of esters is 1. The second-order valence-corrected chi connectivity index (χ2v) is 13.0. The van der Waals surface area contributed by atoms with E-state index in [9.17, 15) is 27.6 Å². The van der Waals surface area contributed by atoms with Gasteiger partial charge in [0.05, 0.1) is 19.0 Å². The second kappa shape index (κ2) is 12.2. The fourth-order valence-electron chi connectivity index (χ4n) is 5.07. The number of rotatable bonds is 5. The Balaban J connectivity index is 1.92. The lowest BCUT2D eigenvalue weighted by Gasteiger charge is -2.30. The van der Waals surface area contributed by atoms with Gasteiger partial charge in [-0.2, -0.15) is 8.42 Å². The molecule has 1 aliphatic carbocycles. The maximum atomic E-state index is 13.8. The Morgan fingerprint density at radius 1 is 1.21 bits per heavy atom. The number of nitrogens with zero attached hydrogens (tertiary/aromatic N) is 1. The van der Waals surface area contributed by atoms with Gasteiger partial charge in [0.25, 0.3) is 10.1 Å². The van der Waals surface area contributed by atoms with E-state index in [1.165, 1.54) is 4.90 Å². The van der Waals surface area contributed by atoms with E-state index in [1.807, 2.05) is 12.2 Å². The minimum absolute atomic E-state index is 0.0940. The third-order valence-electron chi connectivity index (χ3n) is 6.88. The van der Waals surface area contributed by atoms with Crippen molar-refractivity contribution in [1.29, 1.82) is 0 Å². The maximum absolute atomic E-state index is 13.8. The van der Waals surface area contributed by atoms with Crippen molar-refractivity contribution in [2.24, 2.45) is 5.92 Å². The number of allylic oxidation sites excluding steroid dienone is 1. The van der Waals surface area contributed by atoms with Gasteiger partial charge in [-0.15, -0.1) is 0 Å². The number of hydrogen-bond acceptors (Lipinski definition) is 9. The standard InChI is InChI=1S/C26H41N3O9S/c1-6-36-23(32)26-15-17(26)12-10-8-7-9-11-13-19(27-24(33)37-25(2,3)4)22(31)29-16-18(38-39(5,34)35)14-20(29)21(30)28-26/h10,12,17-20H,6-9,11,13-16H2,1-5H3,(H,27,33)(H,28,30)/b12-10-/t17?,18?,19-,20-,26+/m0/s1. The van der Waals surface area contributed by atoms with Gasteiger partial charge in [0.15, 0.2) is 0 Å².